The Labute approximate surface area is 158 Å². The van der Waals surface area contributed by atoms with Gasteiger partial charge in [0.25, 0.3) is 0 Å². The van der Waals surface area contributed by atoms with Crippen LogP contribution >= 0.6 is 0 Å². The average Bonchev–Trinajstić information content (AvgIpc) is 3.04. The molecule has 3 saturated heterocycles. The quantitative estimate of drug-likeness (QED) is 0.450. The van der Waals surface area contributed by atoms with Gasteiger partial charge in [0.1, 0.15) is 18.7 Å². The van der Waals surface area contributed by atoms with Crippen LogP contribution in [-0.2, 0) is 9.47 Å². The van der Waals surface area contributed by atoms with Crippen molar-refractivity contribution in [2.75, 3.05) is 6.61 Å². The number of nitrogens with one attached hydrogen (secondary N) is 3. The molecule has 3 aliphatic heterocycles. The van der Waals surface area contributed by atoms with Gasteiger partial charge < -0.3 is 15.2 Å². The third-order valence-electron chi connectivity index (χ3n) is 5.61. The van der Waals surface area contributed by atoms with E-state index in [1.165, 1.54) is 0 Å². The normalized spacial score (nSPS) is 41.5. The molecule has 5 N–H and O–H groups in total. The Morgan fingerprint density at radius 1 is 0.786 bits per heavy atom. The van der Waals surface area contributed by atoms with Crippen LogP contribution in [0.3, 0.4) is 0 Å². The molecule has 3 rings (SSSR count). The molecule has 3 heterocycles. The summed E-state index contributed by atoms with van der Waals surface area (Å²) in [5.41, 5.74) is 11.0. The van der Waals surface area contributed by atoms with Crippen LogP contribution in [-0.4, -0.2) is 49.7 Å². The lowest BCUT2D eigenvalue weighted by atomic mass is 9.87. The number of hydrogen-bond acceptors (Lipinski definition) is 6. The zero-order chi connectivity index (χ0) is 20.5. The van der Waals surface area contributed by atoms with E-state index < -0.39 is 61.4 Å². The van der Waals surface area contributed by atoms with Crippen LogP contribution in [0.1, 0.15) is 38.5 Å². The van der Waals surface area contributed by atoms with E-state index in [-0.39, 0.29) is 13.0 Å². The fourth-order valence-electron chi connectivity index (χ4n) is 4.05. The minimum Gasteiger partial charge on any atom is -0.363 e. The standard InChI is InChI=1S/C16H26F6N4O2/c17-15(18,19)8-5-3-1-2-4-6-27-12-9(16(20,21)22)7-10(23)11(24-12)14-26-25-13(8)28-14/h8-14,24-26H,1-7,23H2/t8-,9?,10?,11?,12?,13?,14?/m1/s1. The first-order valence-electron chi connectivity index (χ1n) is 9.50. The largest absolute Gasteiger partial charge is 0.395 e. The molecule has 3 fully saturated rings. The number of halogens is 6. The molecule has 6 nitrogen and oxygen atoms in total. The van der Waals surface area contributed by atoms with E-state index in [1.807, 2.05) is 0 Å². The number of hydrazine groups is 1. The molecule has 0 aromatic rings. The van der Waals surface area contributed by atoms with Crippen LogP contribution in [0.25, 0.3) is 0 Å². The molecular weight excluding hydrogens is 394 g/mol. The highest BCUT2D eigenvalue weighted by Crippen LogP contribution is 2.38. The molecule has 164 valence electrons. The number of rotatable bonds is 0. The molecule has 6 unspecified atom stereocenters. The first-order valence-corrected chi connectivity index (χ1v) is 9.50. The number of hydrogen-bond donors (Lipinski definition) is 4. The third-order valence-corrected chi connectivity index (χ3v) is 5.61. The maximum Gasteiger partial charge on any atom is 0.395 e. The second-order valence-corrected chi connectivity index (χ2v) is 7.65. The van der Waals surface area contributed by atoms with Crippen LogP contribution in [0, 0.1) is 11.8 Å². The van der Waals surface area contributed by atoms with Crippen LogP contribution in [0.15, 0.2) is 0 Å². The molecule has 28 heavy (non-hydrogen) atoms. The lowest BCUT2D eigenvalue weighted by molar-refractivity contribution is -0.232. The van der Waals surface area contributed by atoms with Crippen LogP contribution in [0.4, 0.5) is 26.3 Å². The van der Waals surface area contributed by atoms with Crippen molar-refractivity contribution in [3.05, 3.63) is 0 Å². The van der Waals surface area contributed by atoms with Gasteiger partial charge in [-0.2, -0.15) is 26.3 Å². The van der Waals surface area contributed by atoms with Crippen LogP contribution < -0.4 is 21.9 Å². The van der Waals surface area contributed by atoms with E-state index in [0.717, 1.165) is 0 Å². The predicted octanol–water partition coefficient (Wildman–Crippen LogP) is 2.12. The van der Waals surface area contributed by atoms with Gasteiger partial charge in [-0.25, -0.2) is 10.9 Å². The Hall–Kier alpha value is -0.660. The number of ether oxygens (including phenoxy) is 2. The maximum absolute atomic E-state index is 13.4. The Bertz CT molecular complexity index is 520. The molecule has 0 aromatic heterocycles. The van der Waals surface area contributed by atoms with Gasteiger partial charge in [0.2, 0.25) is 0 Å². The molecule has 12 heteroatoms. The topological polar surface area (TPSA) is 80.6 Å². The lowest BCUT2D eigenvalue weighted by Crippen LogP contribution is -2.67. The maximum atomic E-state index is 13.4. The van der Waals surface area contributed by atoms with Gasteiger partial charge in [0.05, 0.1) is 17.9 Å². The molecule has 0 radical (unpaired) electrons. The van der Waals surface area contributed by atoms with Crippen molar-refractivity contribution >= 4 is 0 Å². The number of piperidine rings is 1. The molecule has 0 aromatic carbocycles. The van der Waals surface area contributed by atoms with Gasteiger partial charge in [0.15, 0.2) is 0 Å². The minimum atomic E-state index is -4.50. The molecule has 3 aliphatic rings. The van der Waals surface area contributed by atoms with E-state index in [2.05, 4.69) is 16.2 Å². The molecule has 0 amide bonds. The van der Waals surface area contributed by atoms with Crippen LogP contribution in [0.2, 0.25) is 0 Å². The molecule has 0 saturated carbocycles. The summed E-state index contributed by atoms with van der Waals surface area (Å²) in [5, 5.41) is 2.72. The summed E-state index contributed by atoms with van der Waals surface area (Å²) >= 11 is 0. The Balaban J connectivity index is 1.78. The smallest absolute Gasteiger partial charge is 0.363 e. The molecule has 0 aliphatic carbocycles. The zero-order valence-corrected chi connectivity index (χ0v) is 15.2. The summed E-state index contributed by atoms with van der Waals surface area (Å²) in [7, 11) is 0. The van der Waals surface area contributed by atoms with Crippen molar-refractivity contribution in [3.63, 3.8) is 0 Å². The Morgan fingerprint density at radius 3 is 2.11 bits per heavy atom. The molecular formula is C16H26F6N4O2. The fourth-order valence-corrected chi connectivity index (χ4v) is 4.05. The zero-order valence-electron chi connectivity index (χ0n) is 15.2. The summed E-state index contributed by atoms with van der Waals surface area (Å²) in [5.74, 6) is -3.51. The third kappa shape index (κ3) is 5.08. The predicted molar refractivity (Wildman–Crippen MR) is 86.4 cm³/mol. The number of alkyl halides is 6. The van der Waals surface area contributed by atoms with E-state index in [9.17, 15) is 26.3 Å². The van der Waals surface area contributed by atoms with Crippen molar-refractivity contribution < 1.29 is 35.8 Å². The Kier molecular flexibility index (Phi) is 6.77. The van der Waals surface area contributed by atoms with Crippen molar-refractivity contribution in [1.82, 2.24) is 16.2 Å². The first-order chi connectivity index (χ1) is 13.1. The summed E-state index contributed by atoms with van der Waals surface area (Å²) in [6, 6.07) is -1.81. The van der Waals surface area contributed by atoms with E-state index in [0.29, 0.717) is 25.7 Å². The average molecular weight is 420 g/mol. The summed E-state index contributed by atoms with van der Waals surface area (Å²) in [6.45, 7) is 0.0920. The SMILES string of the molecule is NC1CC(C(F)(F)F)C2NC1C1NNC(O1)[C@H](C(F)(F)F)CCCCCCO2. The fraction of sp³-hybridized carbons (Fsp3) is 1.00. The van der Waals surface area contributed by atoms with Gasteiger partial charge in [-0.15, -0.1) is 0 Å². The van der Waals surface area contributed by atoms with Crippen molar-refractivity contribution in [3.8, 4) is 0 Å². The number of nitrogens with two attached hydrogens (primary N) is 1. The van der Waals surface area contributed by atoms with Gasteiger partial charge in [-0.05, 0) is 19.3 Å². The Morgan fingerprint density at radius 2 is 1.43 bits per heavy atom. The molecule has 7 atom stereocenters. The van der Waals surface area contributed by atoms with Crippen molar-refractivity contribution in [2.45, 2.75) is 81.6 Å². The van der Waals surface area contributed by atoms with Crippen molar-refractivity contribution in [2.24, 2.45) is 17.6 Å². The second kappa shape index (κ2) is 8.60. The highest BCUT2D eigenvalue weighted by atomic mass is 19.4. The summed E-state index contributed by atoms with van der Waals surface area (Å²) < 4.78 is 91.5. The number of fused-ring (bicyclic) bond motifs is 5. The van der Waals surface area contributed by atoms with Gasteiger partial charge >= 0.3 is 12.4 Å². The van der Waals surface area contributed by atoms with E-state index >= 15 is 0 Å². The second-order valence-electron chi connectivity index (χ2n) is 7.65. The van der Waals surface area contributed by atoms with Crippen molar-refractivity contribution in [1.29, 1.82) is 0 Å². The van der Waals surface area contributed by atoms with Gasteiger partial charge in [0, 0.05) is 12.6 Å². The molecule has 0 spiro atoms. The monoisotopic (exact) mass is 420 g/mol. The van der Waals surface area contributed by atoms with Gasteiger partial charge in [-0.1, -0.05) is 19.3 Å². The van der Waals surface area contributed by atoms with E-state index in [1.54, 1.807) is 0 Å². The van der Waals surface area contributed by atoms with Crippen LogP contribution in [0.5, 0.6) is 0 Å². The summed E-state index contributed by atoms with van der Waals surface area (Å²) in [4.78, 5) is 0. The van der Waals surface area contributed by atoms with E-state index in [4.69, 9.17) is 15.2 Å². The molecule has 4 bridgehead atoms. The first kappa shape index (κ1) is 22.0. The highest BCUT2D eigenvalue weighted by molar-refractivity contribution is 4.98. The minimum absolute atomic E-state index is 0.0920. The summed E-state index contributed by atoms with van der Waals surface area (Å²) in [6.07, 6.45) is -11.2. The lowest BCUT2D eigenvalue weighted by Gasteiger charge is -2.43. The highest BCUT2D eigenvalue weighted by Gasteiger charge is 2.54. The van der Waals surface area contributed by atoms with Gasteiger partial charge in [-0.3, -0.25) is 5.32 Å².